The van der Waals surface area contributed by atoms with Gasteiger partial charge in [-0.15, -0.1) is 0 Å². The summed E-state index contributed by atoms with van der Waals surface area (Å²) in [5, 5.41) is 3.48. The van der Waals surface area contributed by atoms with Crippen molar-refractivity contribution in [2.24, 2.45) is 0 Å². The van der Waals surface area contributed by atoms with E-state index in [2.05, 4.69) is 49.5 Å². The average molecular weight is 187 g/mol. The molecule has 0 radical (unpaired) electrons. The van der Waals surface area contributed by atoms with Crippen LogP contribution in [0.4, 0.5) is 5.69 Å². The van der Waals surface area contributed by atoms with E-state index in [1.54, 1.807) is 0 Å². The van der Waals surface area contributed by atoms with Crippen LogP contribution in [0.3, 0.4) is 0 Å². The molecule has 0 heterocycles. The zero-order valence-electron chi connectivity index (χ0n) is 8.88. The third kappa shape index (κ3) is 1.82. The van der Waals surface area contributed by atoms with Gasteiger partial charge < -0.3 is 5.32 Å². The van der Waals surface area contributed by atoms with Crippen molar-refractivity contribution in [3.05, 3.63) is 35.4 Å². The summed E-state index contributed by atoms with van der Waals surface area (Å²) < 4.78 is 0. The number of rotatable bonds is 2. The molecule has 0 fully saturated rings. The first-order chi connectivity index (χ1) is 6.77. The van der Waals surface area contributed by atoms with Crippen molar-refractivity contribution in [1.29, 1.82) is 0 Å². The van der Waals surface area contributed by atoms with E-state index in [9.17, 15) is 0 Å². The van der Waals surface area contributed by atoms with Crippen molar-refractivity contribution in [3.8, 4) is 0 Å². The Balaban J connectivity index is 2.37. The number of hydrogen-bond donors (Lipinski definition) is 1. The maximum absolute atomic E-state index is 3.48. The maximum Gasteiger partial charge on any atom is 0.0418 e. The highest BCUT2D eigenvalue weighted by Crippen LogP contribution is 2.26. The number of hydrogen-bond acceptors (Lipinski definition) is 1. The second kappa shape index (κ2) is 3.87. The van der Waals surface area contributed by atoms with Crippen molar-refractivity contribution in [2.45, 2.75) is 32.7 Å². The lowest BCUT2D eigenvalue weighted by Crippen LogP contribution is -2.11. The highest BCUT2D eigenvalue weighted by molar-refractivity contribution is 5.71. The fraction of sp³-hybridized carbons (Fsp3) is 0.385. The van der Waals surface area contributed by atoms with Crippen molar-refractivity contribution < 1.29 is 0 Å². The van der Waals surface area contributed by atoms with Gasteiger partial charge in [-0.1, -0.05) is 24.3 Å². The van der Waals surface area contributed by atoms with Crippen LogP contribution in [0.15, 0.2) is 24.3 Å². The molecule has 0 atom stereocenters. The fourth-order valence-electron chi connectivity index (χ4n) is 1.90. The third-order valence-electron chi connectivity index (χ3n) is 2.51. The van der Waals surface area contributed by atoms with Crippen molar-refractivity contribution in [1.82, 2.24) is 0 Å². The number of fused-ring (bicyclic) bond motifs is 1. The molecule has 0 saturated carbocycles. The SMILES string of the molecule is CC(C)Nc1cccc2c1C=CCC2. The fourth-order valence-corrected chi connectivity index (χ4v) is 1.90. The van der Waals surface area contributed by atoms with E-state index in [-0.39, 0.29) is 0 Å². The smallest absolute Gasteiger partial charge is 0.0418 e. The Morgan fingerprint density at radius 3 is 2.93 bits per heavy atom. The predicted molar refractivity (Wildman–Crippen MR) is 62.6 cm³/mol. The number of benzene rings is 1. The van der Waals surface area contributed by atoms with E-state index >= 15 is 0 Å². The first-order valence-corrected chi connectivity index (χ1v) is 5.32. The average Bonchev–Trinajstić information content (AvgIpc) is 2.18. The predicted octanol–water partition coefficient (Wildman–Crippen LogP) is 3.47. The van der Waals surface area contributed by atoms with Crippen LogP contribution in [0.5, 0.6) is 0 Å². The van der Waals surface area contributed by atoms with Gasteiger partial charge in [-0.05, 0) is 38.3 Å². The molecule has 1 aromatic rings. The Bertz CT molecular complexity index is 350. The highest BCUT2D eigenvalue weighted by atomic mass is 14.9. The topological polar surface area (TPSA) is 12.0 Å². The summed E-state index contributed by atoms with van der Waals surface area (Å²) in [5.74, 6) is 0. The van der Waals surface area contributed by atoms with Crippen molar-refractivity contribution in [3.63, 3.8) is 0 Å². The van der Waals surface area contributed by atoms with E-state index in [0.717, 1.165) is 0 Å². The second-order valence-electron chi connectivity index (χ2n) is 4.12. The molecule has 1 heteroatoms. The van der Waals surface area contributed by atoms with Gasteiger partial charge in [-0.3, -0.25) is 0 Å². The minimum atomic E-state index is 0.497. The molecule has 1 aliphatic carbocycles. The Hall–Kier alpha value is -1.24. The van der Waals surface area contributed by atoms with E-state index in [0.29, 0.717) is 6.04 Å². The lowest BCUT2D eigenvalue weighted by Gasteiger charge is -2.18. The van der Waals surface area contributed by atoms with Gasteiger partial charge in [0.2, 0.25) is 0 Å². The maximum atomic E-state index is 3.48. The standard InChI is InChI=1S/C13H17N/c1-10(2)14-13-9-5-7-11-6-3-4-8-12(11)13/h4-5,7-10,14H,3,6H2,1-2H3. The zero-order valence-corrected chi connectivity index (χ0v) is 8.88. The summed E-state index contributed by atoms with van der Waals surface area (Å²) >= 11 is 0. The van der Waals surface area contributed by atoms with Gasteiger partial charge >= 0.3 is 0 Å². The monoisotopic (exact) mass is 187 g/mol. The van der Waals surface area contributed by atoms with Crippen molar-refractivity contribution in [2.75, 3.05) is 5.32 Å². The molecule has 0 saturated heterocycles. The first kappa shape index (κ1) is 9.32. The van der Waals surface area contributed by atoms with Crippen LogP contribution in [-0.2, 0) is 6.42 Å². The molecule has 2 rings (SSSR count). The molecule has 0 bridgehead atoms. The Labute approximate surface area is 85.8 Å². The largest absolute Gasteiger partial charge is 0.382 e. The Morgan fingerprint density at radius 1 is 1.29 bits per heavy atom. The minimum absolute atomic E-state index is 0.497. The molecule has 14 heavy (non-hydrogen) atoms. The summed E-state index contributed by atoms with van der Waals surface area (Å²) in [4.78, 5) is 0. The molecule has 0 aromatic heterocycles. The van der Waals surface area contributed by atoms with E-state index in [4.69, 9.17) is 0 Å². The van der Waals surface area contributed by atoms with Gasteiger partial charge in [-0.2, -0.15) is 0 Å². The zero-order chi connectivity index (χ0) is 9.97. The van der Waals surface area contributed by atoms with Gasteiger partial charge in [0.15, 0.2) is 0 Å². The van der Waals surface area contributed by atoms with E-state index in [1.807, 2.05) is 0 Å². The molecular weight excluding hydrogens is 170 g/mol. The molecule has 0 aliphatic heterocycles. The highest BCUT2D eigenvalue weighted by Gasteiger charge is 2.08. The number of aryl methyl sites for hydroxylation is 1. The molecular formula is C13H17N. The number of nitrogens with one attached hydrogen (secondary N) is 1. The van der Waals surface area contributed by atoms with Gasteiger partial charge in [-0.25, -0.2) is 0 Å². The molecule has 0 amide bonds. The quantitative estimate of drug-likeness (QED) is 0.747. The summed E-state index contributed by atoms with van der Waals surface area (Å²) in [6.45, 7) is 4.35. The van der Waals surface area contributed by atoms with Crippen LogP contribution < -0.4 is 5.32 Å². The lowest BCUT2D eigenvalue weighted by molar-refractivity contribution is 0.895. The van der Waals surface area contributed by atoms with E-state index < -0.39 is 0 Å². The summed E-state index contributed by atoms with van der Waals surface area (Å²) in [7, 11) is 0. The first-order valence-electron chi connectivity index (χ1n) is 5.32. The van der Waals surface area contributed by atoms with Gasteiger partial charge in [0.25, 0.3) is 0 Å². The van der Waals surface area contributed by atoms with Crippen LogP contribution in [0.2, 0.25) is 0 Å². The number of allylic oxidation sites excluding steroid dienone is 1. The second-order valence-corrected chi connectivity index (χ2v) is 4.12. The normalized spacial score (nSPS) is 14.2. The summed E-state index contributed by atoms with van der Waals surface area (Å²) in [6.07, 6.45) is 6.86. The van der Waals surface area contributed by atoms with Crippen LogP contribution in [0.25, 0.3) is 6.08 Å². The lowest BCUT2D eigenvalue weighted by atomic mass is 9.96. The summed E-state index contributed by atoms with van der Waals surface area (Å²) in [6, 6.07) is 7.03. The van der Waals surface area contributed by atoms with Crippen LogP contribution in [-0.4, -0.2) is 6.04 Å². The Kier molecular flexibility index (Phi) is 2.58. The van der Waals surface area contributed by atoms with Crippen LogP contribution in [0, 0.1) is 0 Å². The van der Waals surface area contributed by atoms with Gasteiger partial charge in [0.05, 0.1) is 0 Å². The molecule has 1 nitrogen and oxygen atoms in total. The van der Waals surface area contributed by atoms with E-state index in [1.165, 1.54) is 29.7 Å². The molecule has 1 N–H and O–H groups in total. The molecule has 0 spiro atoms. The molecule has 1 aromatic carbocycles. The minimum Gasteiger partial charge on any atom is -0.382 e. The summed E-state index contributed by atoms with van der Waals surface area (Å²) in [5.41, 5.74) is 4.12. The third-order valence-corrected chi connectivity index (χ3v) is 2.51. The van der Waals surface area contributed by atoms with Gasteiger partial charge in [0.1, 0.15) is 0 Å². The van der Waals surface area contributed by atoms with Crippen LogP contribution in [0.1, 0.15) is 31.4 Å². The molecule has 0 unspecified atom stereocenters. The molecule has 74 valence electrons. The van der Waals surface area contributed by atoms with Crippen LogP contribution >= 0.6 is 0 Å². The van der Waals surface area contributed by atoms with Gasteiger partial charge in [0, 0.05) is 17.3 Å². The van der Waals surface area contributed by atoms with Crippen molar-refractivity contribution >= 4 is 11.8 Å². The number of anilines is 1. The Morgan fingerprint density at radius 2 is 2.14 bits per heavy atom. The molecule has 1 aliphatic rings.